The molecule has 1 atom stereocenters. The largest absolute Gasteiger partial charge is 0.466 e. The molecule has 0 bridgehead atoms. The first-order valence-electron chi connectivity index (χ1n) is 6.69. The molecule has 18 heavy (non-hydrogen) atoms. The minimum atomic E-state index is -1.03. The number of esters is 1. The molecule has 1 fully saturated rings. The molecule has 106 valence electrons. The van der Waals surface area contributed by atoms with Crippen LogP contribution >= 0.6 is 0 Å². The third kappa shape index (κ3) is 4.69. The van der Waals surface area contributed by atoms with Crippen LogP contribution in [-0.2, 0) is 20.5 Å². The summed E-state index contributed by atoms with van der Waals surface area (Å²) >= 11 is 0. The van der Waals surface area contributed by atoms with Gasteiger partial charge in [-0.2, -0.15) is 0 Å². The number of carbonyl (C=O) groups excluding carboxylic acids is 1. The molecule has 1 aliphatic rings. The maximum absolute atomic E-state index is 12.0. The Balaban J connectivity index is 2.36. The number of rotatable bonds is 4. The molecule has 1 saturated carbocycles. The van der Waals surface area contributed by atoms with E-state index < -0.39 is 11.0 Å². The maximum atomic E-state index is 12.0. The van der Waals surface area contributed by atoms with Crippen molar-refractivity contribution in [1.29, 1.82) is 0 Å². The van der Waals surface area contributed by atoms with Gasteiger partial charge in [0.05, 0.1) is 28.3 Å². The van der Waals surface area contributed by atoms with Crippen LogP contribution in [0, 0.1) is 5.92 Å². The summed E-state index contributed by atoms with van der Waals surface area (Å²) in [4.78, 5) is 11.6. The molecule has 0 heterocycles. The van der Waals surface area contributed by atoms with Crippen LogP contribution in [0.1, 0.15) is 53.4 Å². The van der Waals surface area contributed by atoms with Crippen molar-refractivity contribution in [1.82, 2.24) is 4.72 Å². The van der Waals surface area contributed by atoms with Crippen LogP contribution in [-0.4, -0.2) is 27.6 Å². The first-order valence-corrected chi connectivity index (χ1v) is 7.84. The molecule has 1 rings (SSSR count). The third-order valence-electron chi connectivity index (χ3n) is 3.18. The van der Waals surface area contributed by atoms with Gasteiger partial charge in [-0.15, -0.1) is 0 Å². The Morgan fingerprint density at radius 2 is 1.83 bits per heavy atom. The molecular formula is C13H25NO3S. The molecule has 0 aliphatic heterocycles. The fourth-order valence-electron chi connectivity index (χ4n) is 2.04. The minimum absolute atomic E-state index is 0.0334. The Hall–Kier alpha value is -0.420. The summed E-state index contributed by atoms with van der Waals surface area (Å²) in [5.74, 6) is -0.0426. The molecule has 5 heteroatoms. The van der Waals surface area contributed by atoms with Crippen LogP contribution < -0.4 is 4.72 Å². The van der Waals surface area contributed by atoms with Crippen molar-refractivity contribution in [2.24, 2.45) is 5.92 Å². The lowest BCUT2D eigenvalue weighted by molar-refractivity contribution is -0.149. The highest BCUT2D eigenvalue weighted by Gasteiger charge is 2.29. The second kappa shape index (κ2) is 6.66. The highest BCUT2D eigenvalue weighted by Crippen LogP contribution is 2.26. The van der Waals surface area contributed by atoms with Gasteiger partial charge in [-0.25, -0.2) is 8.93 Å². The molecule has 0 spiro atoms. The van der Waals surface area contributed by atoms with Crippen molar-refractivity contribution in [3.05, 3.63) is 0 Å². The molecule has 0 aromatic carbocycles. The standard InChI is InChI=1S/C13H25NO3S/c1-5-17-12(15)10-6-8-11(9-7-10)14-18(16)13(2,3)4/h10-11,14H,5-9H2,1-4H3. The average Bonchev–Trinajstić information content (AvgIpc) is 2.29. The molecule has 0 saturated heterocycles. The SMILES string of the molecule is CCOC(=O)C1CCC(NS(=O)C(C)(C)C)CC1. The number of carbonyl (C=O) groups is 1. The summed E-state index contributed by atoms with van der Waals surface area (Å²) in [5.41, 5.74) is 0. The van der Waals surface area contributed by atoms with Crippen molar-refractivity contribution in [2.45, 2.75) is 64.2 Å². The van der Waals surface area contributed by atoms with Crippen LogP contribution in [0.3, 0.4) is 0 Å². The Kier molecular flexibility index (Phi) is 5.79. The van der Waals surface area contributed by atoms with Gasteiger partial charge in [-0.1, -0.05) is 0 Å². The number of hydrogen-bond acceptors (Lipinski definition) is 3. The van der Waals surface area contributed by atoms with E-state index in [2.05, 4.69) is 4.72 Å². The van der Waals surface area contributed by atoms with Gasteiger partial charge in [0.25, 0.3) is 0 Å². The van der Waals surface area contributed by atoms with E-state index >= 15 is 0 Å². The Morgan fingerprint density at radius 1 is 1.28 bits per heavy atom. The fraction of sp³-hybridized carbons (Fsp3) is 0.923. The van der Waals surface area contributed by atoms with Gasteiger partial charge in [-0.05, 0) is 53.4 Å². The van der Waals surface area contributed by atoms with E-state index in [1.54, 1.807) is 0 Å². The van der Waals surface area contributed by atoms with E-state index in [-0.39, 0.29) is 22.7 Å². The van der Waals surface area contributed by atoms with Crippen LogP contribution in [0.2, 0.25) is 0 Å². The van der Waals surface area contributed by atoms with Crippen molar-refractivity contribution in [3.8, 4) is 0 Å². The van der Waals surface area contributed by atoms with Crippen LogP contribution in [0.25, 0.3) is 0 Å². The number of hydrogen-bond donors (Lipinski definition) is 1. The smallest absolute Gasteiger partial charge is 0.308 e. The first kappa shape index (κ1) is 15.6. The maximum Gasteiger partial charge on any atom is 0.308 e. The summed E-state index contributed by atoms with van der Waals surface area (Å²) in [7, 11) is -1.03. The number of ether oxygens (including phenoxy) is 1. The van der Waals surface area contributed by atoms with Crippen molar-refractivity contribution in [2.75, 3.05) is 6.61 Å². The highest BCUT2D eigenvalue weighted by molar-refractivity contribution is 7.84. The van der Waals surface area contributed by atoms with Crippen LogP contribution in [0.15, 0.2) is 0 Å². The Labute approximate surface area is 112 Å². The van der Waals surface area contributed by atoms with Crippen LogP contribution in [0.5, 0.6) is 0 Å². The second-order valence-electron chi connectivity index (χ2n) is 5.80. The Bertz CT molecular complexity index is 304. The van der Waals surface area contributed by atoms with E-state index in [4.69, 9.17) is 4.74 Å². The molecule has 0 radical (unpaired) electrons. The van der Waals surface area contributed by atoms with Gasteiger partial charge >= 0.3 is 5.97 Å². The summed E-state index contributed by atoms with van der Waals surface area (Å²) in [5, 5.41) is 0. The number of nitrogens with one attached hydrogen (secondary N) is 1. The third-order valence-corrected chi connectivity index (χ3v) is 4.84. The van der Waals surface area contributed by atoms with Crippen molar-refractivity contribution >= 4 is 17.0 Å². The fourth-order valence-corrected chi connectivity index (χ4v) is 2.93. The Morgan fingerprint density at radius 3 is 2.28 bits per heavy atom. The van der Waals surface area contributed by atoms with E-state index in [1.807, 2.05) is 27.7 Å². The summed E-state index contributed by atoms with van der Waals surface area (Å²) < 4.78 is 19.9. The summed E-state index contributed by atoms with van der Waals surface area (Å²) in [6, 6.07) is 0.260. The zero-order valence-electron chi connectivity index (χ0n) is 11.8. The van der Waals surface area contributed by atoms with Gasteiger partial charge in [0.15, 0.2) is 0 Å². The first-order chi connectivity index (χ1) is 8.34. The molecule has 0 amide bonds. The predicted molar refractivity (Wildman–Crippen MR) is 73.4 cm³/mol. The molecule has 0 aromatic rings. The second-order valence-corrected chi connectivity index (χ2v) is 7.80. The molecule has 1 unspecified atom stereocenters. The average molecular weight is 275 g/mol. The van der Waals surface area contributed by atoms with Crippen LogP contribution in [0.4, 0.5) is 0 Å². The zero-order chi connectivity index (χ0) is 13.8. The lowest BCUT2D eigenvalue weighted by atomic mass is 9.86. The van der Waals surface area contributed by atoms with E-state index in [0.29, 0.717) is 6.61 Å². The highest BCUT2D eigenvalue weighted by atomic mass is 32.2. The summed E-state index contributed by atoms with van der Waals surface area (Å²) in [6.45, 7) is 8.16. The molecule has 4 nitrogen and oxygen atoms in total. The summed E-state index contributed by atoms with van der Waals surface area (Å²) in [6.07, 6.45) is 3.45. The molecule has 1 N–H and O–H groups in total. The molecule has 1 aliphatic carbocycles. The lowest BCUT2D eigenvalue weighted by Gasteiger charge is -2.29. The normalized spacial score (nSPS) is 26.7. The van der Waals surface area contributed by atoms with Gasteiger partial charge in [0, 0.05) is 6.04 Å². The van der Waals surface area contributed by atoms with Gasteiger partial charge in [0.1, 0.15) is 0 Å². The van der Waals surface area contributed by atoms with E-state index in [0.717, 1.165) is 25.7 Å². The van der Waals surface area contributed by atoms with Gasteiger partial charge < -0.3 is 4.74 Å². The quantitative estimate of drug-likeness (QED) is 0.800. The predicted octanol–water partition coefficient (Wildman–Crippen LogP) is 2.16. The lowest BCUT2D eigenvalue weighted by Crippen LogP contribution is -2.42. The van der Waals surface area contributed by atoms with Crippen molar-refractivity contribution in [3.63, 3.8) is 0 Å². The van der Waals surface area contributed by atoms with Gasteiger partial charge in [-0.3, -0.25) is 4.79 Å². The topological polar surface area (TPSA) is 55.4 Å². The van der Waals surface area contributed by atoms with E-state index in [1.165, 1.54) is 0 Å². The van der Waals surface area contributed by atoms with Crippen molar-refractivity contribution < 1.29 is 13.7 Å². The molecular weight excluding hydrogens is 250 g/mol. The van der Waals surface area contributed by atoms with Gasteiger partial charge in [0.2, 0.25) is 0 Å². The molecule has 0 aromatic heterocycles. The van der Waals surface area contributed by atoms with E-state index in [9.17, 15) is 9.00 Å². The zero-order valence-corrected chi connectivity index (χ0v) is 12.6. The monoisotopic (exact) mass is 275 g/mol. The minimum Gasteiger partial charge on any atom is -0.466 e.